The van der Waals surface area contributed by atoms with E-state index in [0.29, 0.717) is 24.7 Å². The van der Waals surface area contributed by atoms with Crippen LogP contribution in [0.15, 0.2) is 30.3 Å². The van der Waals surface area contributed by atoms with Crippen LogP contribution in [0, 0.1) is 11.8 Å². The second-order valence-electron chi connectivity index (χ2n) is 10.0. The molecule has 2 saturated heterocycles. The van der Waals surface area contributed by atoms with Gasteiger partial charge >= 0.3 is 12.1 Å². The average Bonchev–Trinajstić information content (AvgIpc) is 3.27. The lowest BCUT2D eigenvalue weighted by atomic mass is 9.99. The van der Waals surface area contributed by atoms with Gasteiger partial charge in [0, 0.05) is 6.04 Å². The molecule has 0 aromatic heterocycles. The summed E-state index contributed by atoms with van der Waals surface area (Å²) in [6.07, 6.45) is 3.39. The van der Waals surface area contributed by atoms with Crippen LogP contribution in [0.4, 0.5) is 4.79 Å². The molecule has 4 rings (SSSR count). The lowest BCUT2D eigenvalue weighted by Crippen LogP contribution is -2.55. The number of fused-ring (bicyclic) bond motifs is 2. The van der Waals surface area contributed by atoms with Crippen molar-refractivity contribution < 1.29 is 23.9 Å². The summed E-state index contributed by atoms with van der Waals surface area (Å²) in [5, 5.41) is 2.78. The van der Waals surface area contributed by atoms with Crippen molar-refractivity contribution in [3.8, 4) is 0 Å². The second-order valence-corrected chi connectivity index (χ2v) is 10.0. The minimum Gasteiger partial charge on any atom is -0.459 e. The molecule has 7 heteroatoms. The second kappa shape index (κ2) is 8.52. The number of hydrogen-bond donors (Lipinski definition) is 1. The number of benzene rings is 1. The van der Waals surface area contributed by atoms with E-state index in [1.807, 2.05) is 30.3 Å². The van der Waals surface area contributed by atoms with E-state index in [0.717, 1.165) is 24.8 Å². The summed E-state index contributed by atoms with van der Waals surface area (Å²) < 4.78 is 10.9. The van der Waals surface area contributed by atoms with E-state index in [1.54, 1.807) is 25.7 Å². The Morgan fingerprint density at radius 3 is 2.48 bits per heavy atom. The zero-order valence-corrected chi connectivity index (χ0v) is 18.5. The zero-order valence-electron chi connectivity index (χ0n) is 18.5. The Hall–Kier alpha value is -2.57. The molecular formula is C24H32N2O5. The molecule has 2 heterocycles. The van der Waals surface area contributed by atoms with Crippen molar-refractivity contribution in [3.05, 3.63) is 35.9 Å². The first-order valence-electron chi connectivity index (χ1n) is 11.2. The maximum absolute atomic E-state index is 13.5. The van der Waals surface area contributed by atoms with Crippen LogP contribution >= 0.6 is 0 Å². The summed E-state index contributed by atoms with van der Waals surface area (Å²) in [6, 6.07) is 8.27. The first-order valence-corrected chi connectivity index (χ1v) is 11.2. The van der Waals surface area contributed by atoms with Crippen LogP contribution in [0.25, 0.3) is 0 Å². The lowest BCUT2D eigenvalue weighted by Gasteiger charge is -2.35. The molecule has 31 heavy (non-hydrogen) atoms. The number of ether oxygens (including phenoxy) is 2. The number of carbonyl (C=O) groups excluding carboxylic acids is 3. The van der Waals surface area contributed by atoms with Crippen LogP contribution in [0.5, 0.6) is 0 Å². The van der Waals surface area contributed by atoms with Gasteiger partial charge in [0.1, 0.15) is 24.3 Å². The number of esters is 1. The molecule has 2 unspecified atom stereocenters. The predicted octanol–water partition coefficient (Wildman–Crippen LogP) is 3.41. The Morgan fingerprint density at radius 2 is 1.77 bits per heavy atom. The monoisotopic (exact) mass is 428 g/mol. The van der Waals surface area contributed by atoms with Gasteiger partial charge in [0.15, 0.2) is 0 Å². The predicted molar refractivity (Wildman–Crippen MR) is 114 cm³/mol. The maximum Gasteiger partial charge on any atom is 0.408 e. The SMILES string of the molecule is CC(C)(C)OC(=O)N[C@H]1CC2CC2C[C@H]2CC[C@@H](C(=O)OCc3ccccc3)N2C1=O. The molecular weight excluding hydrogens is 396 g/mol. The third-order valence-corrected chi connectivity index (χ3v) is 6.42. The van der Waals surface area contributed by atoms with Gasteiger partial charge in [-0.25, -0.2) is 9.59 Å². The number of amides is 2. The fourth-order valence-electron chi connectivity index (χ4n) is 4.90. The van der Waals surface area contributed by atoms with E-state index < -0.39 is 23.8 Å². The first-order chi connectivity index (χ1) is 14.7. The Kier molecular flexibility index (Phi) is 5.95. The number of nitrogens with zero attached hydrogens (tertiary/aromatic N) is 1. The highest BCUT2D eigenvalue weighted by Crippen LogP contribution is 2.49. The Labute approximate surface area is 183 Å². The quantitative estimate of drug-likeness (QED) is 0.743. The molecule has 0 spiro atoms. The highest BCUT2D eigenvalue weighted by atomic mass is 16.6. The van der Waals surface area contributed by atoms with Gasteiger partial charge in [-0.15, -0.1) is 0 Å². The zero-order chi connectivity index (χ0) is 22.2. The number of nitrogens with one attached hydrogen (secondary N) is 1. The van der Waals surface area contributed by atoms with Crippen LogP contribution in [0.2, 0.25) is 0 Å². The summed E-state index contributed by atoms with van der Waals surface area (Å²) in [5.74, 6) is 0.446. The summed E-state index contributed by atoms with van der Waals surface area (Å²) in [7, 11) is 0. The van der Waals surface area contributed by atoms with E-state index in [1.165, 1.54) is 0 Å². The number of hydrogen-bond acceptors (Lipinski definition) is 5. The maximum atomic E-state index is 13.5. The molecule has 0 radical (unpaired) electrons. The average molecular weight is 429 g/mol. The normalized spacial score (nSPS) is 29.8. The Bertz CT molecular complexity index is 834. The molecule has 3 aliphatic rings. The third kappa shape index (κ3) is 5.20. The molecule has 1 aromatic rings. The smallest absolute Gasteiger partial charge is 0.408 e. The highest BCUT2D eigenvalue weighted by molar-refractivity contribution is 5.90. The van der Waals surface area contributed by atoms with E-state index in [9.17, 15) is 14.4 Å². The third-order valence-electron chi connectivity index (χ3n) is 6.42. The van der Waals surface area contributed by atoms with Gasteiger partial charge in [-0.3, -0.25) is 4.79 Å². The van der Waals surface area contributed by atoms with Gasteiger partial charge in [-0.2, -0.15) is 0 Å². The molecule has 1 N–H and O–H groups in total. The van der Waals surface area contributed by atoms with Gasteiger partial charge in [-0.05, 0) is 70.3 Å². The van der Waals surface area contributed by atoms with Crippen molar-refractivity contribution in [2.45, 2.75) is 83.2 Å². The van der Waals surface area contributed by atoms with Crippen molar-refractivity contribution in [1.82, 2.24) is 10.2 Å². The van der Waals surface area contributed by atoms with Crippen LogP contribution in [-0.2, 0) is 25.7 Å². The van der Waals surface area contributed by atoms with Crippen LogP contribution in [0.1, 0.15) is 58.4 Å². The summed E-state index contributed by atoms with van der Waals surface area (Å²) in [6.45, 7) is 5.56. The summed E-state index contributed by atoms with van der Waals surface area (Å²) >= 11 is 0. The first kappa shape index (κ1) is 21.7. The molecule has 3 fully saturated rings. The van der Waals surface area contributed by atoms with Gasteiger partial charge in [0.05, 0.1) is 0 Å². The van der Waals surface area contributed by atoms with Gasteiger partial charge < -0.3 is 19.7 Å². The summed E-state index contributed by atoms with van der Waals surface area (Å²) in [4.78, 5) is 40.4. The van der Waals surface area contributed by atoms with Crippen LogP contribution in [0.3, 0.4) is 0 Å². The molecule has 5 atom stereocenters. The van der Waals surface area contributed by atoms with Crippen molar-refractivity contribution in [2.24, 2.45) is 11.8 Å². The fourth-order valence-corrected chi connectivity index (χ4v) is 4.90. The van der Waals surface area contributed by atoms with Crippen molar-refractivity contribution in [3.63, 3.8) is 0 Å². The topological polar surface area (TPSA) is 84.9 Å². The molecule has 168 valence electrons. The fraction of sp³-hybridized carbons (Fsp3) is 0.625. The number of alkyl carbamates (subject to hydrolysis) is 1. The Morgan fingerprint density at radius 1 is 1.06 bits per heavy atom. The molecule has 7 nitrogen and oxygen atoms in total. The molecule has 1 saturated carbocycles. The van der Waals surface area contributed by atoms with Crippen molar-refractivity contribution in [2.75, 3.05) is 0 Å². The molecule has 1 aromatic carbocycles. The minimum absolute atomic E-state index is 0.0278. The highest BCUT2D eigenvalue weighted by Gasteiger charge is 2.51. The van der Waals surface area contributed by atoms with Gasteiger partial charge in [0.25, 0.3) is 0 Å². The molecule has 0 bridgehead atoms. The summed E-state index contributed by atoms with van der Waals surface area (Å²) in [5.41, 5.74) is 0.270. The van der Waals surface area contributed by atoms with Gasteiger partial charge in [-0.1, -0.05) is 30.3 Å². The minimum atomic E-state index is -0.671. The lowest BCUT2D eigenvalue weighted by molar-refractivity contribution is -0.156. The van der Waals surface area contributed by atoms with Crippen LogP contribution in [-0.4, -0.2) is 46.6 Å². The molecule has 2 amide bonds. The largest absolute Gasteiger partial charge is 0.459 e. The molecule has 2 aliphatic heterocycles. The standard InChI is InChI=1S/C24H32N2O5/c1-24(2,3)31-23(29)25-19-13-17-11-16(17)12-18-9-10-20(26(18)21(19)27)22(28)30-14-15-7-5-4-6-8-15/h4-8,16-20H,9-14H2,1-3H3,(H,25,29)/t16?,17?,18-,19+,20+/m1/s1. The van der Waals surface area contributed by atoms with E-state index in [2.05, 4.69) is 5.32 Å². The van der Waals surface area contributed by atoms with Gasteiger partial charge in [0.2, 0.25) is 5.91 Å². The van der Waals surface area contributed by atoms with Crippen molar-refractivity contribution >= 4 is 18.0 Å². The molecule has 1 aliphatic carbocycles. The van der Waals surface area contributed by atoms with E-state index in [-0.39, 0.29) is 24.5 Å². The van der Waals surface area contributed by atoms with Crippen molar-refractivity contribution in [1.29, 1.82) is 0 Å². The number of carbonyl (C=O) groups is 3. The van der Waals surface area contributed by atoms with E-state index >= 15 is 0 Å². The number of rotatable bonds is 4. The Balaban J connectivity index is 1.46. The van der Waals surface area contributed by atoms with E-state index in [4.69, 9.17) is 9.47 Å². The van der Waals surface area contributed by atoms with Crippen LogP contribution < -0.4 is 5.32 Å².